The molecule has 6 heteroatoms. The molecule has 5 nitrogen and oxygen atoms in total. The maximum absolute atomic E-state index is 8.70. The van der Waals surface area contributed by atoms with Crippen molar-refractivity contribution in [3.8, 4) is 0 Å². The number of halogens is 1. The second-order valence-electron chi connectivity index (χ2n) is 4.83. The van der Waals surface area contributed by atoms with Crippen molar-refractivity contribution >= 4 is 23.3 Å². The lowest BCUT2D eigenvalue weighted by molar-refractivity contribution is 0.318. The Kier molecular flexibility index (Phi) is 3.61. The van der Waals surface area contributed by atoms with Crippen LogP contribution in [-0.4, -0.2) is 29.6 Å². The second-order valence-corrected chi connectivity index (χ2v) is 5.21. The topological polar surface area (TPSA) is 74.7 Å². The van der Waals surface area contributed by atoms with Gasteiger partial charge in [-0.05, 0) is 24.3 Å². The molecule has 98 valence electrons. The van der Waals surface area contributed by atoms with Crippen LogP contribution < -0.4 is 10.6 Å². The van der Waals surface area contributed by atoms with E-state index in [4.69, 9.17) is 22.5 Å². The van der Waals surface area contributed by atoms with Gasteiger partial charge in [0.1, 0.15) is 5.82 Å². The standard InChI is InChI=1S/C12H17ClN4O/c1-7-5-8(7)6-17(2)12-10(13)9(3-4-15-12)11(14)16-18/h3-4,7-8,18H,5-6H2,1-2H3,(H2,14,16). The molecule has 0 bridgehead atoms. The van der Waals surface area contributed by atoms with E-state index in [2.05, 4.69) is 17.1 Å². The molecule has 1 aromatic rings. The van der Waals surface area contributed by atoms with Gasteiger partial charge in [0.25, 0.3) is 0 Å². The first kappa shape index (κ1) is 13.0. The highest BCUT2D eigenvalue weighted by molar-refractivity contribution is 6.36. The summed E-state index contributed by atoms with van der Waals surface area (Å²) in [5.41, 5.74) is 6.07. The van der Waals surface area contributed by atoms with Gasteiger partial charge in [-0.15, -0.1) is 0 Å². The lowest BCUT2D eigenvalue weighted by Gasteiger charge is -2.20. The van der Waals surface area contributed by atoms with Crippen molar-refractivity contribution in [2.45, 2.75) is 13.3 Å². The van der Waals surface area contributed by atoms with Gasteiger partial charge >= 0.3 is 0 Å². The van der Waals surface area contributed by atoms with Crippen LogP contribution in [0.3, 0.4) is 0 Å². The number of anilines is 1. The molecule has 2 atom stereocenters. The minimum absolute atomic E-state index is 0.00293. The van der Waals surface area contributed by atoms with Gasteiger partial charge in [-0.3, -0.25) is 0 Å². The van der Waals surface area contributed by atoms with Crippen LogP contribution in [0.4, 0.5) is 5.82 Å². The van der Waals surface area contributed by atoms with Crippen LogP contribution in [0, 0.1) is 11.8 Å². The van der Waals surface area contributed by atoms with Gasteiger partial charge in [-0.25, -0.2) is 4.98 Å². The summed E-state index contributed by atoms with van der Waals surface area (Å²) in [6.07, 6.45) is 2.86. The number of nitrogens with zero attached hydrogens (tertiary/aromatic N) is 3. The number of amidine groups is 1. The largest absolute Gasteiger partial charge is 0.409 e. The Bertz CT molecular complexity index is 477. The summed E-state index contributed by atoms with van der Waals surface area (Å²) >= 11 is 6.24. The van der Waals surface area contributed by atoms with E-state index in [9.17, 15) is 0 Å². The van der Waals surface area contributed by atoms with Crippen LogP contribution in [0.15, 0.2) is 17.4 Å². The van der Waals surface area contributed by atoms with Crippen molar-refractivity contribution in [2.75, 3.05) is 18.5 Å². The lowest BCUT2D eigenvalue weighted by Crippen LogP contribution is -2.23. The lowest BCUT2D eigenvalue weighted by atomic mass is 10.2. The minimum Gasteiger partial charge on any atom is -0.409 e. The van der Waals surface area contributed by atoms with Gasteiger partial charge in [0, 0.05) is 25.4 Å². The zero-order valence-electron chi connectivity index (χ0n) is 10.5. The van der Waals surface area contributed by atoms with E-state index in [0.717, 1.165) is 12.5 Å². The molecule has 1 fully saturated rings. The molecule has 1 aliphatic carbocycles. The van der Waals surface area contributed by atoms with Crippen LogP contribution in [0.25, 0.3) is 0 Å². The zero-order valence-corrected chi connectivity index (χ0v) is 11.2. The summed E-state index contributed by atoms with van der Waals surface area (Å²) < 4.78 is 0. The Labute approximate surface area is 111 Å². The quantitative estimate of drug-likeness (QED) is 0.379. The molecule has 0 amide bonds. The highest BCUT2D eigenvalue weighted by Crippen LogP contribution is 2.39. The van der Waals surface area contributed by atoms with Crippen molar-refractivity contribution in [3.05, 3.63) is 22.8 Å². The molecule has 1 heterocycles. The number of pyridine rings is 1. The van der Waals surface area contributed by atoms with Gasteiger partial charge in [-0.2, -0.15) is 0 Å². The van der Waals surface area contributed by atoms with E-state index in [0.29, 0.717) is 22.3 Å². The average molecular weight is 269 g/mol. The number of rotatable bonds is 4. The predicted octanol–water partition coefficient (Wildman–Crippen LogP) is 1.92. The van der Waals surface area contributed by atoms with E-state index >= 15 is 0 Å². The van der Waals surface area contributed by atoms with Crippen molar-refractivity contribution in [2.24, 2.45) is 22.7 Å². The van der Waals surface area contributed by atoms with Crippen LogP contribution in [0.2, 0.25) is 5.02 Å². The molecule has 2 rings (SSSR count). The minimum atomic E-state index is -0.00293. The van der Waals surface area contributed by atoms with Gasteiger partial charge in [0.15, 0.2) is 5.84 Å². The summed E-state index contributed by atoms with van der Waals surface area (Å²) in [4.78, 5) is 6.28. The number of nitrogens with two attached hydrogens (primary N) is 1. The monoisotopic (exact) mass is 268 g/mol. The van der Waals surface area contributed by atoms with Gasteiger partial charge in [0.2, 0.25) is 0 Å². The smallest absolute Gasteiger partial charge is 0.171 e. The summed E-state index contributed by atoms with van der Waals surface area (Å²) in [5, 5.41) is 12.1. The van der Waals surface area contributed by atoms with Gasteiger partial charge in [0.05, 0.1) is 5.02 Å². The number of oxime groups is 1. The predicted molar refractivity (Wildman–Crippen MR) is 72.3 cm³/mol. The van der Waals surface area contributed by atoms with E-state index in [1.807, 2.05) is 11.9 Å². The van der Waals surface area contributed by atoms with Gasteiger partial charge in [-0.1, -0.05) is 23.7 Å². The molecule has 2 unspecified atom stereocenters. The molecule has 0 radical (unpaired) electrons. The van der Waals surface area contributed by atoms with E-state index < -0.39 is 0 Å². The van der Waals surface area contributed by atoms with Crippen LogP contribution >= 0.6 is 11.6 Å². The Hall–Kier alpha value is -1.49. The van der Waals surface area contributed by atoms with Crippen molar-refractivity contribution < 1.29 is 5.21 Å². The van der Waals surface area contributed by atoms with Crippen molar-refractivity contribution in [1.29, 1.82) is 0 Å². The normalized spacial score (nSPS) is 22.9. The fourth-order valence-corrected chi connectivity index (χ4v) is 2.40. The third-order valence-corrected chi connectivity index (χ3v) is 3.77. The molecule has 1 saturated carbocycles. The fraction of sp³-hybridized carbons (Fsp3) is 0.500. The first-order valence-electron chi connectivity index (χ1n) is 5.88. The second kappa shape index (κ2) is 5.02. The van der Waals surface area contributed by atoms with E-state index in [-0.39, 0.29) is 5.84 Å². The Balaban J connectivity index is 2.22. The van der Waals surface area contributed by atoms with Crippen LogP contribution in [0.1, 0.15) is 18.9 Å². The van der Waals surface area contributed by atoms with Crippen molar-refractivity contribution in [3.63, 3.8) is 0 Å². The molecule has 3 N–H and O–H groups in total. The first-order chi connectivity index (χ1) is 8.54. The SMILES string of the molecule is CC1CC1CN(C)c1nccc(/C(N)=N/O)c1Cl. The summed E-state index contributed by atoms with van der Waals surface area (Å²) in [7, 11) is 1.95. The molecule has 0 aromatic carbocycles. The molecule has 0 spiro atoms. The third kappa shape index (κ3) is 2.51. The van der Waals surface area contributed by atoms with Crippen LogP contribution in [0.5, 0.6) is 0 Å². The Morgan fingerprint density at radius 3 is 2.94 bits per heavy atom. The first-order valence-corrected chi connectivity index (χ1v) is 6.26. The average Bonchev–Trinajstić information content (AvgIpc) is 3.04. The summed E-state index contributed by atoms with van der Waals surface area (Å²) in [6, 6.07) is 1.63. The molecule has 0 saturated heterocycles. The Morgan fingerprint density at radius 1 is 1.72 bits per heavy atom. The number of hydrogen-bond donors (Lipinski definition) is 2. The Morgan fingerprint density at radius 2 is 2.39 bits per heavy atom. The van der Waals surface area contributed by atoms with Gasteiger partial charge < -0.3 is 15.8 Å². The van der Waals surface area contributed by atoms with E-state index in [1.165, 1.54) is 6.42 Å². The summed E-state index contributed by atoms with van der Waals surface area (Å²) in [6.45, 7) is 3.16. The van der Waals surface area contributed by atoms with Crippen LogP contribution in [-0.2, 0) is 0 Å². The maximum atomic E-state index is 8.70. The molecule has 0 aliphatic heterocycles. The van der Waals surface area contributed by atoms with Crippen molar-refractivity contribution in [1.82, 2.24) is 4.98 Å². The molecular weight excluding hydrogens is 252 g/mol. The molecule has 18 heavy (non-hydrogen) atoms. The third-order valence-electron chi connectivity index (χ3n) is 3.40. The zero-order chi connectivity index (χ0) is 13.3. The number of aromatic nitrogens is 1. The fourth-order valence-electron chi connectivity index (χ4n) is 2.04. The molecule has 1 aromatic heterocycles. The number of hydrogen-bond acceptors (Lipinski definition) is 4. The summed E-state index contributed by atoms with van der Waals surface area (Å²) in [5.74, 6) is 2.15. The van der Waals surface area contributed by atoms with E-state index in [1.54, 1.807) is 12.3 Å². The highest BCUT2D eigenvalue weighted by atomic mass is 35.5. The molecule has 1 aliphatic rings. The molecular formula is C12H17ClN4O. The maximum Gasteiger partial charge on any atom is 0.171 e. The highest BCUT2D eigenvalue weighted by Gasteiger charge is 2.33.